The molecule has 0 aliphatic heterocycles. The number of aromatic nitrogens is 3. The van der Waals surface area contributed by atoms with E-state index in [9.17, 15) is 0 Å². The molecule has 0 amide bonds. The molecule has 0 saturated heterocycles. The van der Waals surface area contributed by atoms with E-state index in [1.807, 2.05) is 39.0 Å². The predicted molar refractivity (Wildman–Crippen MR) is 208 cm³/mol. The van der Waals surface area contributed by atoms with Crippen molar-refractivity contribution in [2.45, 2.75) is 34.6 Å². The number of nitrogens with zero attached hydrogens (tertiary/aromatic N) is 3. The Morgan fingerprint density at radius 3 is 1.63 bits per heavy atom. The molecule has 0 unspecified atom stereocenters. The smallest absolute Gasteiger partial charge is 0.160 e. The van der Waals surface area contributed by atoms with Gasteiger partial charge < -0.3 is 0 Å². The first kappa shape index (κ1) is 33.0. The minimum absolute atomic E-state index is 0.685. The van der Waals surface area contributed by atoms with Gasteiger partial charge in [-0.25, -0.2) is 9.97 Å². The summed E-state index contributed by atoms with van der Waals surface area (Å²) in [4.78, 5) is 15.2. The largest absolute Gasteiger partial charge is 0.253 e. The van der Waals surface area contributed by atoms with Crippen LogP contribution in [0.5, 0.6) is 0 Å². The topological polar surface area (TPSA) is 38.7 Å². The molecule has 7 rings (SSSR count). The quantitative estimate of drug-likeness (QED) is 0.175. The SMILES string of the molecule is C/C=C\c1c(C)cccc1-c1cc(-c2cccc(-c3cccc(C)n3)c2)cc(-c2nc(-c3ccccc3)cc(-c3ccccc3)n2)c1.CC. The standard InChI is InChI=1S/C44H35N3.C2H6/c1-4-14-39-30(2)15-11-23-40(39)37-26-36(34-21-13-22-35(25-34)41-24-12-16-31(3)45-41)27-38(28-37)44-46-42(32-17-7-5-8-18-32)29-43(47-44)33-19-9-6-10-20-33;1-2/h4-29H,1-3H3;1-2H3/b14-4-;. The van der Waals surface area contributed by atoms with Crippen LogP contribution in [-0.2, 0) is 0 Å². The minimum atomic E-state index is 0.685. The normalized spacial score (nSPS) is 10.9. The number of aryl methyl sites for hydroxylation is 2. The van der Waals surface area contributed by atoms with Gasteiger partial charge in [0.25, 0.3) is 0 Å². The zero-order valence-electron chi connectivity index (χ0n) is 28.9. The number of pyridine rings is 1. The molecule has 2 heterocycles. The van der Waals surface area contributed by atoms with Crippen molar-refractivity contribution < 1.29 is 0 Å². The molecule has 0 aliphatic carbocycles. The van der Waals surface area contributed by atoms with Crippen LogP contribution in [0.25, 0.3) is 73.5 Å². The molecular weight excluding hydrogens is 595 g/mol. The van der Waals surface area contributed by atoms with E-state index in [-0.39, 0.29) is 0 Å². The van der Waals surface area contributed by atoms with E-state index in [1.165, 1.54) is 16.7 Å². The lowest BCUT2D eigenvalue weighted by atomic mass is 9.91. The van der Waals surface area contributed by atoms with Crippen LogP contribution in [0.3, 0.4) is 0 Å². The minimum Gasteiger partial charge on any atom is -0.253 e. The molecule has 0 saturated carbocycles. The summed E-state index contributed by atoms with van der Waals surface area (Å²) < 4.78 is 0. The first-order valence-electron chi connectivity index (χ1n) is 17.0. The van der Waals surface area contributed by atoms with Crippen LogP contribution < -0.4 is 0 Å². The summed E-state index contributed by atoms with van der Waals surface area (Å²) in [5.41, 5.74) is 14.8. The van der Waals surface area contributed by atoms with Gasteiger partial charge in [0.15, 0.2) is 5.82 Å². The Hall–Kier alpha value is -5.93. The Balaban J connectivity index is 0.00000205. The van der Waals surface area contributed by atoms with Gasteiger partial charge in [0.1, 0.15) is 0 Å². The highest BCUT2D eigenvalue weighted by atomic mass is 14.9. The first-order chi connectivity index (χ1) is 24.1. The second kappa shape index (κ2) is 15.3. The molecule has 0 atom stereocenters. The molecule has 0 N–H and O–H groups in total. The second-order valence-corrected chi connectivity index (χ2v) is 11.8. The zero-order valence-corrected chi connectivity index (χ0v) is 28.9. The van der Waals surface area contributed by atoms with Crippen LogP contribution in [-0.4, -0.2) is 15.0 Å². The summed E-state index contributed by atoms with van der Waals surface area (Å²) in [5.74, 6) is 0.685. The molecule has 3 heteroatoms. The van der Waals surface area contributed by atoms with Crippen molar-refractivity contribution in [2.75, 3.05) is 0 Å². The van der Waals surface area contributed by atoms with Gasteiger partial charge in [-0.3, -0.25) is 4.98 Å². The Kier molecular flexibility index (Phi) is 10.3. The van der Waals surface area contributed by atoms with Gasteiger partial charge in [-0.15, -0.1) is 0 Å². The Bertz CT molecular complexity index is 2160. The van der Waals surface area contributed by atoms with Crippen molar-refractivity contribution in [2.24, 2.45) is 0 Å². The molecule has 240 valence electrons. The number of allylic oxidation sites excluding steroid dienone is 1. The molecule has 0 radical (unpaired) electrons. The lowest BCUT2D eigenvalue weighted by molar-refractivity contribution is 1.18. The van der Waals surface area contributed by atoms with E-state index in [0.29, 0.717) is 5.82 Å². The average molecular weight is 636 g/mol. The van der Waals surface area contributed by atoms with Gasteiger partial charge in [0, 0.05) is 27.9 Å². The number of hydrogen-bond donors (Lipinski definition) is 0. The summed E-state index contributed by atoms with van der Waals surface area (Å²) in [6.07, 6.45) is 4.30. The van der Waals surface area contributed by atoms with Crippen molar-refractivity contribution in [1.82, 2.24) is 15.0 Å². The van der Waals surface area contributed by atoms with Crippen LogP contribution >= 0.6 is 0 Å². The van der Waals surface area contributed by atoms with Gasteiger partial charge in [-0.2, -0.15) is 0 Å². The van der Waals surface area contributed by atoms with Crippen molar-refractivity contribution >= 4 is 6.08 Å². The Morgan fingerprint density at radius 2 is 0.980 bits per heavy atom. The zero-order chi connectivity index (χ0) is 34.2. The summed E-state index contributed by atoms with van der Waals surface area (Å²) in [6, 6.07) is 50.8. The number of rotatable bonds is 7. The third-order valence-corrected chi connectivity index (χ3v) is 8.40. The third-order valence-electron chi connectivity index (χ3n) is 8.40. The molecule has 0 spiro atoms. The van der Waals surface area contributed by atoms with Crippen molar-refractivity contribution in [1.29, 1.82) is 0 Å². The van der Waals surface area contributed by atoms with Gasteiger partial charge in [-0.1, -0.05) is 129 Å². The fourth-order valence-electron chi connectivity index (χ4n) is 6.05. The maximum atomic E-state index is 5.19. The second-order valence-electron chi connectivity index (χ2n) is 11.8. The Labute approximate surface area is 290 Å². The molecule has 3 nitrogen and oxygen atoms in total. The molecular formula is C46H41N3. The van der Waals surface area contributed by atoms with E-state index in [1.54, 1.807) is 0 Å². The maximum absolute atomic E-state index is 5.19. The highest BCUT2D eigenvalue weighted by Crippen LogP contribution is 2.37. The van der Waals surface area contributed by atoms with Crippen LogP contribution in [0.2, 0.25) is 0 Å². The van der Waals surface area contributed by atoms with Crippen LogP contribution in [0, 0.1) is 13.8 Å². The molecule has 0 aliphatic rings. The highest BCUT2D eigenvalue weighted by Gasteiger charge is 2.15. The monoisotopic (exact) mass is 635 g/mol. The van der Waals surface area contributed by atoms with Crippen molar-refractivity contribution in [3.05, 3.63) is 168 Å². The van der Waals surface area contributed by atoms with Gasteiger partial charge in [0.2, 0.25) is 0 Å². The maximum Gasteiger partial charge on any atom is 0.160 e. The van der Waals surface area contributed by atoms with E-state index >= 15 is 0 Å². The van der Waals surface area contributed by atoms with Crippen LogP contribution in [0.4, 0.5) is 0 Å². The molecule has 0 fully saturated rings. The lowest BCUT2D eigenvalue weighted by Gasteiger charge is -2.15. The highest BCUT2D eigenvalue weighted by molar-refractivity contribution is 5.85. The summed E-state index contributed by atoms with van der Waals surface area (Å²) in [6.45, 7) is 10.3. The number of hydrogen-bond acceptors (Lipinski definition) is 3. The molecule has 49 heavy (non-hydrogen) atoms. The van der Waals surface area contributed by atoms with Crippen molar-refractivity contribution in [3.8, 4) is 67.4 Å². The summed E-state index contributed by atoms with van der Waals surface area (Å²) >= 11 is 0. The summed E-state index contributed by atoms with van der Waals surface area (Å²) in [5, 5.41) is 0. The van der Waals surface area contributed by atoms with Crippen LogP contribution in [0.15, 0.2) is 152 Å². The van der Waals surface area contributed by atoms with Crippen molar-refractivity contribution in [3.63, 3.8) is 0 Å². The van der Waals surface area contributed by atoms with E-state index < -0.39 is 0 Å². The third kappa shape index (κ3) is 7.47. The fraction of sp³-hybridized carbons (Fsp3) is 0.109. The fourth-order valence-corrected chi connectivity index (χ4v) is 6.05. The lowest BCUT2D eigenvalue weighted by Crippen LogP contribution is -1.97. The predicted octanol–water partition coefficient (Wildman–Crippen LogP) is 12.5. The van der Waals surface area contributed by atoms with Gasteiger partial charge in [0.05, 0.1) is 17.1 Å². The Morgan fingerprint density at radius 1 is 0.429 bits per heavy atom. The average Bonchev–Trinajstić information content (AvgIpc) is 3.17. The van der Waals surface area contributed by atoms with Gasteiger partial charge in [-0.05, 0) is 96.6 Å². The van der Waals surface area contributed by atoms with E-state index in [4.69, 9.17) is 15.0 Å². The molecule has 0 bridgehead atoms. The number of benzene rings is 5. The van der Waals surface area contributed by atoms with Gasteiger partial charge >= 0.3 is 0 Å². The first-order valence-corrected chi connectivity index (χ1v) is 17.0. The molecule has 7 aromatic rings. The van der Waals surface area contributed by atoms with E-state index in [0.717, 1.165) is 61.7 Å². The van der Waals surface area contributed by atoms with Crippen LogP contribution in [0.1, 0.15) is 37.6 Å². The molecule has 5 aromatic carbocycles. The van der Waals surface area contributed by atoms with E-state index in [2.05, 4.69) is 153 Å². The molecule has 2 aromatic heterocycles. The summed E-state index contributed by atoms with van der Waals surface area (Å²) in [7, 11) is 0.